The van der Waals surface area contributed by atoms with Gasteiger partial charge in [-0.15, -0.1) is 0 Å². The van der Waals surface area contributed by atoms with Crippen LogP contribution in [0.3, 0.4) is 0 Å². The Bertz CT molecular complexity index is 709. The van der Waals surface area contributed by atoms with Crippen LogP contribution >= 0.6 is 0 Å². The fraction of sp³-hybridized carbons (Fsp3) is 0.235. The third kappa shape index (κ3) is 2.37. The number of rotatable bonds is 3. The van der Waals surface area contributed by atoms with Gasteiger partial charge in [0.2, 0.25) is 0 Å². The summed E-state index contributed by atoms with van der Waals surface area (Å²) < 4.78 is 24.7. The lowest BCUT2D eigenvalue weighted by atomic mass is 9.99. The zero-order chi connectivity index (χ0) is 15.0. The average Bonchev–Trinajstić information content (AvgIpc) is 2.85. The number of fused-ring (bicyclic) bond motifs is 1. The van der Waals surface area contributed by atoms with Gasteiger partial charge in [0.1, 0.15) is 29.0 Å². The second kappa shape index (κ2) is 5.20. The molecule has 0 aromatic heterocycles. The molecule has 0 bridgehead atoms. The van der Waals surface area contributed by atoms with Crippen LogP contribution < -0.4 is 9.47 Å². The first-order valence-corrected chi connectivity index (χ1v) is 6.77. The third-order valence-electron chi connectivity index (χ3n) is 3.58. The number of ketones is 1. The zero-order valence-corrected chi connectivity index (χ0v) is 11.9. The van der Waals surface area contributed by atoms with Crippen LogP contribution in [0.15, 0.2) is 36.4 Å². The lowest BCUT2D eigenvalue weighted by Crippen LogP contribution is -2.07. The second-order valence-electron chi connectivity index (χ2n) is 5.10. The topological polar surface area (TPSA) is 35.5 Å². The molecular weight excluding hydrogens is 271 g/mol. The van der Waals surface area contributed by atoms with Crippen molar-refractivity contribution in [1.29, 1.82) is 0 Å². The first-order valence-electron chi connectivity index (χ1n) is 6.77. The van der Waals surface area contributed by atoms with E-state index in [2.05, 4.69) is 0 Å². The number of hydrogen-bond donors (Lipinski definition) is 0. The van der Waals surface area contributed by atoms with Crippen molar-refractivity contribution in [2.24, 2.45) is 0 Å². The molecule has 1 atom stereocenters. The normalized spacial score (nSPS) is 16.2. The number of methoxy groups -OCH3 is 1. The molecule has 2 aromatic rings. The summed E-state index contributed by atoms with van der Waals surface area (Å²) in [5.74, 6) is 0.0708. The summed E-state index contributed by atoms with van der Waals surface area (Å²) in [4.78, 5) is 12.6. The van der Waals surface area contributed by atoms with Crippen LogP contribution in [-0.4, -0.2) is 19.0 Å². The first-order chi connectivity index (χ1) is 10.1. The van der Waals surface area contributed by atoms with E-state index in [1.165, 1.54) is 19.2 Å². The predicted molar refractivity (Wildman–Crippen MR) is 76.6 cm³/mol. The Morgan fingerprint density at radius 1 is 1.33 bits per heavy atom. The predicted octanol–water partition coefficient (Wildman–Crippen LogP) is 3.39. The lowest BCUT2D eigenvalue weighted by Gasteiger charge is -2.09. The molecule has 0 aliphatic carbocycles. The minimum atomic E-state index is -0.579. The summed E-state index contributed by atoms with van der Waals surface area (Å²) in [6.07, 6.45) is 0.860. The monoisotopic (exact) mass is 286 g/mol. The van der Waals surface area contributed by atoms with Gasteiger partial charge in [-0.05, 0) is 42.8 Å². The highest BCUT2D eigenvalue weighted by molar-refractivity contribution is 6.11. The van der Waals surface area contributed by atoms with Gasteiger partial charge < -0.3 is 9.47 Å². The Morgan fingerprint density at radius 2 is 2.14 bits per heavy atom. The van der Waals surface area contributed by atoms with Gasteiger partial charge in [0.15, 0.2) is 5.78 Å². The molecule has 21 heavy (non-hydrogen) atoms. The summed E-state index contributed by atoms with van der Waals surface area (Å²) >= 11 is 0. The van der Waals surface area contributed by atoms with E-state index in [4.69, 9.17) is 9.47 Å². The van der Waals surface area contributed by atoms with Gasteiger partial charge >= 0.3 is 0 Å². The molecule has 0 spiro atoms. The number of carbonyl (C=O) groups is 1. The van der Waals surface area contributed by atoms with Gasteiger partial charge in [0.25, 0.3) is 0 Å². The van der Waals surface area contributed by atoms with E-state index in [1.54, 1.807) is 24.3 Å². The Balaban J connectivity index is 2.02. The molecule has 0 fully saturated rings. The standard InChI is InChI=1S/C17H15FO3/c1-10-8-12-9-11(6-7-14(12)21-10)17(19)16-13(18)4-3-5-15(16)20-2/h3-7,9-10H,8H2,1-2H3. The highest BCUT2D eigenvalue weighted by Gasteiger charge is 2.23. The van der Waals surface area contributed by atoms with Crippen molar-refractivity contribution in [2.45, 2.75) is 19.4 Å². The number of hydrogen-bond acceptors (Lipinski definition) is 3. The maximum Gasteiger partial charge on any atom is 0.199 e. The number of ether oxygens (including phenoxy) is 2. The molecule has 0 radical (unpaired) electrons. The number of carbonyl (C=O) groups excluding carboxylic acids is 1. The quantitative estimate of drug-likeness (QED) is 0.811. The molecule has 1 aliphatic rings. The molecule has 108 valence electrons. The Kier molecular flexibility index (Phi) is 3.37. The number of benzene rings is 2. The first kappa shape index (κ1) is 13.6. The molecule has 0 saturated heterocycles. The van der Waals surface area contributed by atoms with E-state index in [-0.39, 0.29) is 23.2 Å². The molecule has 0 N–H and O–H groups in total. The summed E-state index contributed by atoms with van der Waals surface area (Å²) in [6.45, 7) is 1.97. The van der Waals surface area contributed by atoms with Crippen LogP contribution in [0, 0.1) is 5.82 Å². The Hall–Kier alpha value is -2.36. The van der Waals surface area contributed by atoms with Crippen LogP contribution in [0.1, 0.15) is 28.4 Å². The largest absolute Gasteiger partial charge is 0.496 e. The van der Waals surface area contributed by atoms with Gasteiger partial charge in [0, 0.05) is 12.0 Å². The van der Waals surface area contributed by atoms with Gasteiger partial charge in [0.05, 0.1) is 7.11 Å². The van der Waals surface area contributed by atoms with Crippen molar-refractivity contribution in [3.63, 3.8) is 0 Å². The van der Waals surface area contributed by atoms with E-state index in [0.717, 1.165) is 17.7 Å². The maximum absolute atomic E-state index is 14.0. The average molecular weight is 286 g/mol. The molecule has 2 aromatic carbocycles. The van der Waals surface area contributed by atoms with Crippen molar-refractivity contribution in [3.05, 3.63) is 58.9 Å². The minimum Gasteiger partial charge on any atom is -0.496 e. The van der Waals surface area contributed by atoms with E-state index in [1.807, 2.05) is 6.92 Å². The van der Waals surface area contributed by atoms with Crippen molar-refractivity contribution in [3.8, 4) is 11.5 Å². The molecule has 3 rings (SSSR count). The Labute approximate surface area is 122 Å². The van der Waals surface area contributed by atoms with E-state index in [0.29, 0.717) is 5.56 Å². The summed E-state index contributed by atoms with van der Waals surface area (Å²) in [7, 11) is 1.42. The number of halogens is 1. The van der Waals surface area contributed by atoms with Crippen LogP contribution in [0.5, 0.6) is 11.5 Å². The molecule has 1 unspecified atom stereocenters. The van der Waals surface area contributed by atoms with Crippen LogP contribution in [0.2, 0.25) is 0 Å². The molecule has 1 aliphatic heterocycles. The fourth-order valence-electron chi connectivity index (χ4n) is 2.60. The summed E-state index contributed by atoms with van der Waals surface area (Å²) in [5, 5.41) is 0. The van der Waals surface area contributed by atoms with Gasteiger partial charge in [-0.1, -0.05) is 6.07 Å². The molecule has 0 saturated carbocycles. The van der Waals surface area contributed by atoms with E-state index in [9.17, 15) is 9.18 Å². The third-order valence-corrected chi connectivity index (χ3v) is 3.58. The highest BCUT2D eigenvalue weighted by Crippen LogP contribution is 2.31. The SMILES string of the molecule is COc1cccc(F)c1C(=O)c1ccc2c(c1)CC(C)O2. The Morgan fingerprint density at radius 3 is 2.90 bits per heavy atom. The summed E-state index contributed by atoms with van der Waals surface area (Å²) in [6, 6.07) is 9.55. The van der Waals surface area contributed by atoms with Crippen molar-refractivity contribution in [2.75, 3.05) is 7.11 Å². The molecule has 4 heteroatoms. The van der Waals surface area contributed by atoms with Crippen molar-refractivity contribution < 1.29 is 18.7 Å². The molecule has 0 amide bonds. The molecule has 3 nitrogen and oxygen atoms in total. The zero-order valence-electron chi connectivity index (χ0n) is 11.9. The van der Waals surface area contributed by atoms with E-state index < -0.39 is 5.82 Å². The molecule has 1 heterocycles. The van der Waals surface area contributed by atoms with Gasteiger partial charge in [-0.25, -0.2) is 4.39 Å². The van der Waals surface area contributed by atoms with Crippen molar-refractivity contribution in [1.82, 2.24) is 0 Å². The fourth-order valence-corrected chi connectivity index (χ4v) is 2.60. The lowest BCUT2D eigenvalue weighted by molar-refractivity contribution is 0.103. The second-order valence-corrected chi connectivity index (χ2v) is 5.10. The molecular formula is C17H15FO3. The van der Waals surface area contributed by atoms with Gasteiger partial charge in [-0.2, -0.15) is 0 Å². The van der Waals surface area contributed by atoms with Crippen LogP contribution in [0.4, 0.5) is 4.39 Å². The summed E-state index contributed by atoms with van der Waals surface area (Å²) in [5.41, 5.74) is 1.38. The van der Waals surface area contributed by atoms with E-state index >= 15 is 0 Å². The van der Waals surface area contributed by atoms with Crippen molar-refractivity contribution >= 4 is 5.78 Å². The smallest absolute Gasteiger partial charge is 0.199 e. The minimum absolute atomic E-state index is 0.0353. The van der Waals surface area contributed by atoms with Gasteiger partial charge in [-0.3, -0.25) is 4.79 Å². The maximum atomic E-state index is 14.0. The van der Waals surface area contributed by atoms with Crippen LogP contribution in [0.25, 0.3) is 0 Å². The highest BCUT2D eigenvalue weighted by atomic mass is 19.1. The van der Waals surface area contributed by atoms with Crippen LogP contribution in [-0.2, 0) is 6.42 Å².